The Morgan fingerprint density at radius 3 is 2.32 bits per heavy atom. The topological polar surface area (TPSA) is 109 Å². The van der Waals surface area contributed by atoms with Gasteiger partial charge in [0.05, 0.1) is 23.3 Å². The maximum absolute atomic E-state index is 12.8. The van der Waals surface area contributed by atoms with Crippen LogP contribution < -0.4 is 10.2 Å². The van der Waals surface area contributed by atoms with Gasteiger partial charge in [0.2, 0.25) is 0 Å². The highest BCUT2D eigenvalue weighted by Crippen LogP contribution is 2.23. The number of esters is 1. The van der Waals surface area contributed by atoms with Crippen molar-refractivity contribution in [3.8, 4) is 0 Å². The molecule has 0 saturated carbocycles. The molecule has 0 radical (unpaired) electrons. The number of benzene rings is 1. The molecule has 1 fully saturated rings. The quantitative estimate of drug-likeness (QED) is 0.659. The van der Waals surface area contributed by atoms with Crippen molar-refractivity contribution >= 4 is 27.4 Å². The summed E-state index contributed by atoms with van der Waals surface area (Å²) < 4.78 is 28.7. The molecule has 8 nitrogen and oxygen atoms in total. The van der Waals surface area contributed by atoms with E-state index >= 15 is 0 Å². The van der Waals surface area contributed by atoms with Crippen molar-refractivity contribution in [2.45, 2.75) is 44.6 Å². The van der Waals surface area contributed by atoms with E-state index in [1.807, 2.05) is 12.1 Å². The fraction of sp³-hybridized carbons (Fsp3) is 0.455. The number of hydrogen-bond acceptors (Lipinski definition) is 6. The number of nitrogens with zero attached hydrogens (tertiary/aromatic N) is 1. The maximum atomic E-state index is 12.8. The molecule has 0 spiro atoms. The molecular formula is C22H29N3O5S. The van der Waals surface area contributed by atoms with Crippen LogP contribution in [0.3, 0.4) is 0 Å². The molecular weight excluding hydrogens is 418 g/mol. The molecule has 3 rings (SSSR count). The number of carbonyl (C=O) groups is 2. The smallest absolute Gasteiger partial charge is 0.339 e. The number of amides is 1. The van der Waals surface area contributed by atoms with Crippen molar-refractivity contribution in [1.29, 1.82) is 0 Å². The number of sulfone groups is 1. The second-order valence-corrected chi connectivity index (χ2v) is 10.0. The summed E-state index contributed by atoms with van der Waals surface area (Å²) in [7, 11) is -1.89. The van der Waals surface area contributed by atoms with Crippen LogP contribution >= 0.6 is 0 Å². The predicted molar refractivity (Wildman–Crippen MR) is 118 cm³/mol. The van der Waals surface area contributed by atoms with E-state index in [1.165, 1.54) is 7.11 Å². The Labute approximate surface area is 182 Å². The first-order valence-corrected chi connectivity index (χ1v) is 12.0. The Hall–Kier alpha value is -2.81. The van der Waals surface area contributed by atoms with E-state index < -0.39 is 15.8 Å². The summed E-state index contributed by atoms with van der Waals surface area (Å²) in [5, 5.41) is 3.05. The Bertz CT molecular complexity index is 1070. The van der Waals surface area contributed by atoms with Crippen LogP contribution in [0, 0.1) is 13.8 Å². The molecule has 0 unspecified atom stereocenters. The van der Waals surface area contributed by atoms with Gasteiger partial charge in [0, 0.05) is 30.5 Å². The van der Waals surface area contributed by atoms with Crippen LogP contribution in [0.4, 0.5) is 5.69 Å². The highest BCUT2D eigenvalue weighted by atomic mass is 32.2. The molecule has 1 aliphatic heterocycles. The minimum Gasteiger partial charge on any atom is -0.465 e. The van der Waals surface area contributed by atoms with E-state index in [2.05, 4.69) is 15.2 Å². The summed E-state index contributed by atoms with van der Waals surface area (Å²) in [6.07, 6.45) is 1.53. The lowest BCUT2D eigenvalue weighted by Crippen LogP contribution is -2.45. The zero-order valence-electron chi connectivity index (χ0n) is 18.3. The number of methoxy groups -OCH3 is 1. The van der Waals surface area contributed by atoms with Crippen LogP contribution in [0.2, 0.25) is 0 Å². The fourth-order valence-electron chi connectivity index (χ4n) is 3.96. The molecule has 0 aliphatic carbocycles. The van der Waals surface area contributed by atoms with Crippen LogP contribution in [-0.2, 0) is 14.6 Å². The van der Waals surface area contributed by atoms with Crippen molar-refractivity contribution in [3.63, 3.8) is 0 Å². The normalized spacial score (nSPS) is 15.0. The van der Waals surface area contributed by atoms with Gasteiger partial charge in [-0.15, -0.1) is 0 Å². The SMILES string of the molecule is CCS(=O)(=O)c1ccc(N2CCC(NC(=O)c3[nH]c(C)c(C(=O)OC)c3C)CC2)cc1. The first kappa shape index (κ1) is 22.9. The Morgan fingerprint density at radius 2 is 1.77 bits per heavy atom. The fourth-order valence-corrected chi connectivity index (χ4v) is 4.84. The Morgan fingerprint density at radius 1 is 1.16 bits per heavy atom. The van der Waals surface area contributed by atoms with Crippen molar-refractivity contribution in [2.75, 3.05) is 30.9 Å². The van der Waals surface area contributed by atoms with E-state index in [1.54, 1.807) is 32.9 Å². The van der Waals surface area contributed by atoms with Gasteiger partial charge in [-0.25, -0.2) is 13.2 Å². The lowest BCUT2D eigenvalue weighted by molar-refractivity contribution is 0.0599. The van der Waals surface area contributed by atoms with E-state index in [0.29, 0.717) is 27.4 Å². The van der Waals surface area contributed by atoms with Gasteiger partial charge in [-0.05, 0) is 56.5 Å². The third kappa shape index (κ3) is 4.76. The number of carbonyl (C=O) groups excluding carboxylic acids is 2. The molecule has 2 heterocycles. The Kier molecular flexibility index (Phi) is 6.74. The average molecular weight is 448 g/mol. The number of aryl methyl sites for hydroxylation is 1. The molecule has 0 atom stereocenters. The molecule has 31 heavy (non-hydrogen) atoms. The lowest BCUT2D eigenvalue weighted by Gasteiger charge is -2.34. The number of aromatic amines is 1. The van der Waals surface area contributed by atoms with Crippen molar-refractivity contribution in [1.82, 2.24) is 10.3 Å². The van der Waals surface area contributed by atoms with Gasteiger partial charge in [0.15, 0.2) is 9.84 Å². The second-order valence-electron chi connectivity index (χ2n) is 7.75. The van der Waals surface area contributed by atoms with Gasteiger partial charge in [-0.1, -0.05) is 6.92 Å². The van der Waals surface area contributed by atoms with Crippen molar-refractivity contribution in [3.05, 3.63) is 46.8 Å². The monoisotopic (exact) mass is 447 g/mol. The van der Waals surface area contributed by atoms with E-state index in [-0.39, 0.29) is 17.7 Å². The van der Waals surface area contributed by atoms with Crippen molar-refractivity contribution in [2.24, 2.45) is 0 Å². The summed E-state index contributed by atoms with van der Waals surface area (Å²) >= 11 is 0. The van der Waals surface area contributed by atoms with E-state index in [4.69, 9.17) is 4.74 Å². The predicted octanol–water partition coefficient (Wildman–Crippen LogP) is 2.61. The van der Waals surface area contributed by atoms with Crippen LogP contribution in [0.5, 0.6) is 0 Å². The highest BCUT2D eigenvalue weighted by Gasteiger charge is 2.26. The summed E-state index contributed by atoms with van der Waals surface area (Å²) in [6.45, 7) is 6.61. The first-order valence-electron chi connectivity index (χ1n) is 10.3. The average Bonchev–Trinajstić information content (AvgIpc) is 3.08. The molecule has 1 aromatic carbocycles. The number of hydrogen-bond donors (Lipinski definition) is 2. The molecule has 0 bridgehead atoms. The summed E-state index contributed by atoms with van der Waals surface area (Å²) in [6, 6.07) is 6.99. The molecule has 1 amide bonds. The lowest BCUT2D eigenvalue weighted by atomic mass is 10.0. The van der Waals surface area contributed by atoms with Crippen molar-refractivity contribution < 1.29 is 22.7 Å². The first-order chi connectivity index (χ1) is 14.7. The molecule has 1 saturated heterocycles. The minimum atomic E-state index is -3.20. The van der Waals surface area contributed by atoms with Crippen LogP contribution in [0.15, 0.2) is 29.2 Å². The molecule has 168 valence electrons. The molecule has 1 aliphatic rings. The van der Waals surface area contributed by atoms with Gasteiger partial charge < -0.3 is 19.9 Å². The molecule has 2 N–H and O–H groups in total. The summed E-state index contributed by atoms with van der Waals surface area (Å²) in [5.74, 6) is -0.613. The molecule has 9 heteroatoms. The number of aromatic nitrogens is 1. The number of H-pyrrole nitrogens is 1. The highest BCUT2D eigenvalue weighted by molar-refractivity contribution is 7.91. The number of ether oxygens (including phenoxy) is 1. The zero-order valence-corrected chi connectivity index (χ0v) is 19.1. The van der Waals surface area contributed by atoms with Gasteiger partial charge in [-0.2, -0.15) is 0 Å². The van der Waals surface area contributed by atoms with E-state index in [0.717, 1.165) is 31.6 Å². The molecule has 2 aromatic rings. The summed E-state index contributed by atoms with van der Waals surface area (Å²) in [4.78, 5) is 30.2. The van der Waals surface area contributed by atoms with Crippen LogP contribution in [0.25, 0.3) is 0 Å². The van der Waals surface area contributed by atoms with Gasteiger partial charge in [0.1, 0.15) is 5.69 Å². The number of rotatable bonds is 6. The summed E-state index contributed by atoms with van der Waals surface area (Å²) in [5.41, 5.74) is 2.95. The number of piperidine rings is 1. The third-order valence-corrected chi connectivity index (χ3v) is 7.58. The van der Waals surface area contributed by atoms with E-state index in [9.17, 15) is 18.0 Å². The molecule has 1 aromatic heterocycles. The van der Waals surface area contributed by atoms with Gasteiger partial charge >= 0.3 is 5.97 Å². The number of anilines is 1. The largest absolute Gasteiger partial charge is 0.465 e. The van der Waals surface area contributed by atoms with Crippen LogP contribution in [-0.4, -0.2) is 57.3 Å². The second kappa shape index (κ2) is 9.13. The maximum Gasteiger partial charge on any atom is 0.339 e. The minimum absolute atomic E-state index is 0.0214. The van der Waals surface area contributed by atoms with Gasteiger partial charge in [-0.3, -0.25) is 4.79 Å². The third-order valence-electron chi connectivity index (χ3n) is 5.83. The standard InChI is InChI=1S/C22H29N3O5S/c1-5-31(28,29)18-8-6-17(7-9-18)25-12-10-16(11-13-25)24-21(26)20-14(2)19(15(3)23-20)22(27)30-4/h6-9,16,23H,5,10-13H2,1-4H3,(H,24,26). The van der Waals surface area contributed by atoms with Gasteiger partial charge in [0.25, 0.3) is 5.91 Å². The zero-order chi connectivity index (χ0) is 22.8. The number of nitrogens with one attached hydrogen (secondary N) is 2. The Balaban J connectivity index is 1.61. The van der Waals surface area contributed by atoms with Crippen LogP contribution in [0.1, 0.15) is 51.9 Å².